The Hall–Kier alpha value is -3.60. The maximum absolute atomic E-state index is 13.4. The van der Waals surface area contributed by atoms with Gasteiger partial charge in [-0.3, -0.25) is 14.2 Å². The average Bonchev–Trinajstić information content (AvgIpc) is 2.74. The van der Waals surface area contributed by atoms with Crippen molar-refractivity contribution in [3.63, 3.8) is 0 Å². The van der Waals surface area contributed by atoms with E-state index in [0.717, 1.165) is 28.8 Å². The van der Waals surface area contributed by atoms with Crippen LogP contribution >= 0.6 is 8.25 Å². The van der Waals surface area contributed by atoms with Crippen molar-refractivity contribution in [2.75, 3.05) is 5.32 Å². The largest absolute Gasteiger partial charge is 0.696 e. The zero-order valence-electron chi connectivity index (χ0n) is 17.3. The van der Waals surface area contributed by atoms with Crippen molar-refractivity contribution in [1.29, 1.82) is 0 Å². The molecule has 0 aliphatic rings. The van der Waals surface area contributed by atoms with Crippen LogP contribution < -0.4 is 15.6 Å². The third-order valence-electron chi connectivity index (χ3n) is 4.47. The molecule has 0 saturated heterocycles. The molecular formula is C21H16F4N2O6P+. The number of pyridine rings is 1. The van der Waals surface area contributed by atoms with E-state index >= 15 is 0 Å². The van der Waals surface area contributed by atoms with Crippen LogP contribution in [0.15, 0.2) is 59.5 Å². The molecule has 1 amide bonds. The Balaban J connectivity index is 1.91. The van der Waals surface area contributed by atoms with Crippen LogP contribution in [0.5, 0.6) is 11.5 Å². The lowest BCUT2D eigenvalue weighted by atomic mass is 10.1. The van der Waals surface area contributed by atoms with Gasteiger partial charge in [-0.05, 0) is 55.0 Å². The Morgan fingerprint density at radius 3 is 2.47 bits per heavy atom. The standard InChI is InChI=1S/C21H15F4N2O6P/c1-12-8-14(22)3-5-17(12)33-18-9-13(21(23,24)25)2-4-16(18)20(29)26-15-6-7-27(19(28)10-15)11-32-34(30)31/h2-10H,11H2,1H3,(H-,26,28,29,30,31)/p+1. The van der Waals surface area contributed by atoms with E-state index in [9.17, 15) is 31.7 Å². The second-order valence-corrected chi connectivity index (χ2v) is 7.63. The minimum Gasteiger partial charge on any atom is -0.456 e. The number of benzene rings is 2. The normalized spacial score (nSPS) is 11.8. The number of amides is 1. The first kappa shape index (κ1) is 25.0. The highest BCUT2D eigenvalue weighted by molar-refractivity contribution is 7.32. The predicted molar refractivity (Wildman–Crippen MR) is 112 cm³/mol. The van der Waals surface area contributed by atoms with Crippen LogP contribution in [-0.2, 0) is 22.0 Å². The number of anilines is 1. The first-order valence-corrected chi connectivity index (χ1v) is 10.5. The zero-order valence-corrected chi connectivity index (χ0v) is 18.2. The highest BCUT2D eigenvalue weighted by Gasteiger charge is 2.32. The van der Waals surface area contributed by atoms with Crippen molar-refractivity contribution >= 4 is 19.8 Å². The molecule has 3 aromatic rings. The van der Waals surface area contributed by atoms with E-state index in [4.69, 9.17) is 9.63 Å². The zero-order chi connectivity index (χ0) is 25.0. The fourth-order valence-electron chi connectivity index (χ4n) is 2.82. The predicted octanol–water partition coefficient (Wildman–Crippen LogP) is 4.98. The van der Waals surface area contributed by atoms with Crippen molar-refractivity contribution < 1.29 is 41.1 Å². The Morgan fingerprint density at radius 2 is 1.85 bits per heavy atom. The molecule has 0 saturated carbocycles. The minimum atomic E-state index is -4.71. The Morgan fingerprint density at radius 1 is 1.12 bits per heavy atom. The second-order valence-electron chi connectivity index (χ2n) is 6.89. The topological polar surface area (TPSA) is 107 Å². The third-order valence-corrected chi connectivity index (χ3v) is 4.81. The maximum atomic E-state index is 13.4. The summed E-state index contributed by atoms with van der Waals surface area (Å²) in [5, 5.41) is 2.38. The molecule has 2 aromatic carbocycles. The Labute approximate surface area is 190 Å². The van der Waals surface area contributed by atoms with Crippen molar-refractivity contribution in [1.82, 2.24) is 4.57 Å². The van der Waals surface area contributed by atoms with E-state index in [2.05, 4.69) is 9.84 Å². The lowest BCUT2D eigenvalue weighted by molar-refractivity contribution is -0.137. The number of hydrogen-bond acceptors (Lipinski definition) is 5. The van der Waals surface area contributed by atoms with Crippen LogP contribution in [-0.4, -0.2) is 15.4 Å². The number of halogens is 4. The molecular weight excluding hydrogens is 483 g/mol. The molecule has 0 radical (unpaired) electrons. The van der Waals surface area contributed by atoms with Gasteiger partial charge < -0.3 is 10.1 Å². The number of nitrogens with zero attached hydrogens (tertiary/aromatic N) is 1. The average molecular weight is 499 g/mol. The van der Waals surface area contributed by atoms with Crippen LogP contribution in [0.4, 0.5) is 23.2 Å². The fourth-order valence-corrected chi connectivity index (χ4v) is 3.04. The monoisotopic (exact) mass is 499 g/mol. The minimum absolute atomic E-state index is 0.00319. The molecule has 1 unspecified atom stereocenters. The number of hydrogen-bond donors (Lipinski definition) is 2. The van der Waals surface area contributed by atoms with Crippen molar-refractivity contribution in [3.05, 3.63) is 87.6 Å². The summed E-state index contributed by atoms with van der Waals surface area (Å²) in [5.41, 5.74) is -1.73. The number of aryl methyl sites for hydroxylation is 1. The number of rotatable bonds is 7. The first-order chi connectivity index (χ1) is 15.9. The molecule has 1 heterocycles. The van der Waals surface area contributed by atoms with Gasteiger partial charge in [0.15, 0.2) is 6.73 Å². The summed E-state index contributed by atoms with van der Waals surface area (Å²) in [7, 11) is -2.92. The van der Waals surface area contributed by atoms with Crippen LogP contribution in [0.1, 0.15) is 21.5 Å². The van der Waals surface area contributed by atoms with Gasteiger partial charge in [0, 0.05) is 22.5 Å². The number of carbonyl (C=O) groups excluding carboxylic acids is 1. The van der Waals surface area contributed by atoms with Gasteiger partial charge in [0.05, 0.1) is 11.1 Å². The van der Waals surface area contributed by atoms with Gasteiger partial charge in [-0.1, -0.05) is 4.52 Å². The summed E-state index contributed by atoms with van der Waals surface area (Å²) in [6.07, 6.45) is -3.53. The summed E-state index contributed by atoms with van der Waals surface area (Å²) in [5.74, 6) is -1.84. The van der Waals surface area contributed by atoms with Crippen molar-refractivity contribution in [3.8, 4) is 11.5 Å². The highest BCUT2D eigenvalue weighted by atomic mass is 31.1. The van der Waals surface area contributed by atoms with Crippen molar-refractivity contribution in [2.45, 2.75) is 19.8 Å². The molecule has 0 aliphatic carbocycles. The quantitative estimate of drug-likeness (QED) is 0.351. The van der Waals surface area contributed by atoms with Gasteiger partial charge in [0.1, 0.15) is 17.3 Å². The number of aromatic nitrogens is 1. The van der Waals surface area contributed by atoms with Crippen LogP contribution in [0.2, 0.25) is 0 Å². The van der Waals surface area contributed by atoms with Gasteiger partial charge in [-0.25, -0.2) is 4.39 Å². The molecule has 0 aliphatic heterocycles. The molecule has 0 bridgehead atoms. The van der Waals surface area contributed by atoms with E-state index in [1.54, 1.807) is 0 Å². The third kappa shape index (κ3) is 6.25. The lowest BCUT2D eigenvalue weighted by Crippen LogP contribution is -2.21. The molecule has 178 valence electrons. The molecule has 1 aromatic heterocycles. The summed E-state index contributed by atoms with van der Waals surface area (Å²) < 4.78 is 74.6. The van der Waals surface area contributed by atoms with E-state index in [1.165, 1.54) is 25.3 Å². The first-order valence-electron chi connectivity index (χ1n) is 9.40. The van der Waals surface area contributed by atoms with Gasteiger partial charge >= 0.3 is 14.4 Å². The summed E-state index contributed by atoms with van der Waals surface area (Å²) in [4.78, 5) is 33.5. The molecule has 2 N–H and O–H groups in total. The van der Waals surface area contributed by atoms with Gasteiger partial charge in [-0.15, -0.1) is 4.89 Å². The maximum Gasteiger partial charge on any atom is 0.696 e. The van der Waals surface area contributed by atoms with E-state index in [-0.39, 0.29) is 17.0 Å². The number of nitrogens with one attached hydrogen (secondary N) is 1. The summed E-state index contributed by atoms with van der Waals surface area (Å²) in [6, 6.07) is 7.92. The van der Waals surface area contributed by atoms with Gasteiger partial charge in [-0.2, -0.15) is 13.2 Å². The van der Waals surface area contributed by atoms with E-state index < -0.39 is 49.8 Å². The molecule has 1 atom stereocenters. The molecule has 13 heteroatoms. The van der Waals surface area contributed by atoms with Gasteiger partial charge in [0.25, 0.3) is 11.5 Å². The fraction of sp³-hybridized carbons (Fsp3) is 0.143. The summed E-state index contributed by atoms with van der Waals surface area (Å²) >= 11 is 0. The number of alkyl halides is 3. The van der Waals surface area contributed by atoms with E-state index in [1.807, 2.05) is 0 Å². The number of carbonyl (C=O) groups is 1. The van der Waals surface area contributed by atoms with Gasteiger partial charge in [0.2, 0.25) is 0 Å². The molecule has 34 heavy (non-hydrogen) atoms. The van der Waals surface area contributed by atoms with E-state index in [0.29, 0.717) is 17.7 Å². The smallest absolute Gasteiger partial charge is 0.456 e. The van der Waals surface area contributed by atoms with Crippen molar-refractivity contribution in [2.24, 2.45) is 0 Å². The molecule has 0 fully saturated rings. The Bertz CT molecular complexity index is 1310. The Kier molecular flexibility index (Phi) is 7.45. The SMILES string of the molecule is Cc1cc(F)ccc1Oc1cc(C(F)(F)F)ccc1C(=O)Nc1ccn(CO[P+](=O)O)c(=O)c1. The van der Waals surface area contributed by atoms with Crippen LogP contribution in [0.25, 0.3) is 0 Å². The highest BCUT2D eigenvalue weighted by Crippen LogP contribution is 2.36. The molecule has 0 spiro atoms. The molecule has 8 nitrogen and oxygen atoms in total. The van der Waals surface area contributed by atoms with Crippen LogP contribution in [0, 0.1) is 12.7 Å². The lowest BCUT2D eigenvalue weighted by Gasteiger charge is -2.16. The summed E-state index contributed by atoms with van der Waals surface area (Å²) in [6.45, 7) is 0.976. The molecule has 3 rings (SSSR count). The van der Waals surface area contributed by atoms with Crippen LogP contribution in [0.3, 0.4) is 0 Å². The second kappa shape index (κ2) is 10.1. The number of ether oxygens (including phenoxy) is 1.